The number of aromatic nitrogens is 3. The standard InChI is InChI=1S/C24H22N6O2/c1-24(32)13-30(14-24)18-6-4-17(5-7-18)26-22-23-25-8-9-29(23)12-20(28-22)15-2-3-16-11-21(31)27-19(16)10-15/h2-10,12,32H,11,13-14H2,1H3,(H,26,28)(H,27,31). The summed E-state index contributed by atoms with van der Waals surface area (Å²) in [5.41, 5.74) is 5.65. The number of carbonyl (C=O) groups is 1. The number of nitrogens with one attached hydrogen (secondary N) is 2. The SMILES string of the molecule is CC1(O)CN(c2ccc(Nc3nc(-c4ccc5c(c4)NC(=O)C5)cn4ccnc34)cc2)C1. The van der Waals surface area contributed by atoms with Crippen molar-refractivity contribution in [2.75, 3.05) is 28.6 Å². The predicted octanol–water partition coefficient (Wildman–Crippen LogP) is 3.21. The Morgan fingerprint density at radius 3 is 2.75 bits per heavy atom. The minimum Gasteiger partial charge on any atom is -0.386 e. The van der Waals surface area contributed by atoms with Crippen molar-refractivity contribution in [1.29, 1.82) is 0 Å². The molecule has 160 valence electrons. The molecule has 0 aliphatic carbocycles. The van der Waals surface area contributed by atoms with E-state index in [2.05, 4.69) is 20.5 Å². The zero-order valence-electron chi connectivity index (χ0n) is 17.5. The molecule has 1 amide bonds. The lowest BCUT2D eigenvalue weighted by molar-refractivity contribution is -0.115. The van der Waals surface area contributed by atoms with Gasteiger partial charge >= 0.3 is 0 Å². The second kappa shape index (κ2) is 6.80. The summed E-state index contributed by atoms with van der Waals surface area (Å²) < 4.78 is 1.94. The fraction of sp³-hybridized carbons (Fsp3) is 0.208. The van der Waals surface area contributed by atoms with Gasteiger partial charge in [0.05, 0.1) is 17.7 Å². The maximum Gasteiger partial charge on any atom is 0.228 e. The lowest BCUT2D eigenvalue weighted by Crippen LogP contribution is -2.60. The van der Waals surface area contributed by atoms with Crippen LogP contribution in [0.5, 0.6) is 0 Å². The normalized spacial score (nSPS) is 16.6. The summed E-state index contributed by atoms with van der Waals surface area (Å²) in [7, 11) is 0. The molecular weight excluding hydrogens is 404 g/mol. The molecule has 0 atom stereocenters. The number of nitrogens with zero attached hydrogens (tertiary/aromatic N) is 4. The Hall–Kier alpha value is -3.91. The Labute approximate surface area is 184 Å². The first-order chi connectivity index (χ1) is 15.4. The average molecular weight is 426 g/mol. The molecule has 0 spiro atoms. The van der Waals surface area contributed by atoms with E-state index >= 15 is 0 Å². The van der Waals surface area contributed by atoms with Crippen LogP contribution in [0.15, 0.2) is 61.1 Å². The second-order valence-electron chi connectivity index (χ2n) is 8.75. The zero-order chi connectivity index (χ0) is 21.9. The summed E-state index contributed by atoms with van der Waals surface area (Å²) in [4.78, 5) is 23.1. The molecule has 32 heavy (non-hydrogen) atoms. The van der Waals surface area contributed by atoms with Gasteiger partial charge in [0.1, 0.15) is 0 Å². The first kappa shape index (κ1) is 18.8. The number of aliphatic hydroxyl groups is 1. The Balaban J connectivity index is 1.31. The van der Waals surface area contributed by atoms with Gasteiger partial charge in [-0.05, 0) is 42.8 Å². The van der Waals surface area contributed by atoms with Gasteiger partial charge in [-0.15, -0.1) is 0 Å². The monoisotopic (exact) mass is 426 g/mol. The van der Waals surface area contributed by atoms with Gasteiger partial charge in [0.25, 0.3) is 0 Å². The van der Waals surface area contributed by atoms with Crippen molar-refractivity contribution in [1.82, 2.24) is 14.4 Å². The van der Waals surface area contributed by atoms with Gasteiger partial charge in [-0.3, -0.25) is 4.79 Å². The van der Waals surface area contributed by atoms with Crippen molar-refractivity contribution in [3.8, 4) is 11.3 Å². The molecular formula is C24H22N6O2. The number of hydrogen-bond acceptors (Lipinski definition) is 6. The van der Waals surface area contributed by atoms with Crippen LogP contribution in [0.2, 0.25) is 0 Å². The molecule has 2 aliphatic heterocycles. The van der Waals surface area contributed by atoms with Crippen LogP contribution in [0.3, 0.4) is 0 Å². The molecule has 4 heterocycles. The molecule has 2 aromatic carbocycles. The molecule has 0 unspecified atom stereocenters. The summed E-state index contributed by atoms with van der Waals surface area (Å²) in [5, 5.41) is 16.3. The van der Waals surface area contributed by atoms with Gasteiger partial charge in [-0.2, -0.15) is 0 Å². The molecule has 1 fully saturated rings. The van der Waals surface area contributed by atoms with Crippen LogP contribution in [-0.4, -0.2) is 44.1 Å². The van der Waals surface area contributed by atoms with Gasteiger partial charge in [0.15, 0.2) is 11.5 Å². The molecule has 2 aromatic heterocycles. The fourth-order valence-corrected chi connectivity index (χ4v) is 4.38. The van der Waals surface area contributed by atoms with Crippen molar-refractivity contribution < 1.29 is 9.90 Å². The summed E-state index contributed by atoms with van der Waals surface area (Å²) in [6.45, 7) is 3.13. The van der Waals surface area contributed by atoms with Gasteiger partial charge in [-0.1, -0.05) is 12.1 Å². The Morgan fingerprint density at radius 1 is 1.16 bits per heavy atom. The van der Waals surface area contributed by atoms with Crippen molar-refractivity contribution in [3.05, 3.63) is 66.6 Å². The lowest BCUT2D eigenvalue weighted by Gasteiger charge is -2.45. The van der Waals surface area contributed by atoms with E-state index in [0.717, 1.165) is 39.5 Å². The van der Waals surface area contributed by atoms with Crippen molar-refractivity contribution >= 4 is 34.4 Å². The van der Waals surface area contributed by atoms with E-state index in [9.17, 15) is 9.90 Å². The zero-order valence-corrected chi connectivity index (χ0v) is 17.5. The summed E-state index contributed by atoms with van der Waals surface area (Å²) in [6, 6.07) is 14.0. The van der Waals surface area contributed by atoms with Gasteiger partial charge in [0.2, 0.25) is 5.91 Å². The number of anilines is 4. The molecule has 8 heteroatoms. The third-order valence-corrected chi connectivity index (χ3v) is 5.96. The van der Waals surface area contributed by atoms with E-state index in [1.165, 1.54) is 0 Å². The molecule has 3 N–H and O–H groups in total. The molecule has 4 aromatic rings. The summed E-state index contributed by atoms with van der Waals surface area (Å²) in [6.07, 6.45) is 5.99. The molecule has 0 radical (unpaired) electrons. The van der Waals surface area contributed by atoms with E-state index in [0.29, 0.717) is 25.3 Å². The van der Waals surface area contributed by atoms with E-state index in [-0.39, 0.29) is 5.91 Å². The van der Waals surface area contributed by atoms with Gasteiger partial charge in [-0.25, -0.2) is 9.97 Å². The number of imidazole rings is 1. The minimum absolute atomic E-state index is 0.0165. The highest BCUT2D eigenvalue weighted by Gasteiger charge is 2.36. The van der Waals surface area contributed by atoms with Crippen LogP contribution in [-0.2, 0) is 11.2 Å². The lowest BCUT2D eigenvalue weighted by atomic mass is 9.96. The Bertz CT molecular complexity index is 1350. The summed E-state index contributed by atoms with van der Waals surface area (Å²) in [5.74, 6) is 0.666. The number of β-amino-alcohol motifs (C(OH)–C–C–N with tert-alkyl or cyclic N) is 1. The topological polar surface area (TPSA) is 94.8 Å². The van der Waals surface area contributed by atoms with E-state index < -0.39 is 5.60 Å². The molecule has 6 rings (SSSR count). The van der Waals surface area contributed by atoms with Gasteiger partial charge in [0, 0.05) is 54.3 Å². The Morgan fingerprint density at radius 2 is 1.97 bits per heavy atom. The predicted molar refractivity (Wildman–Crippen MR) is 123 cm³/mol. The highest BCUT2D eigenvalue weighted by Crippen LogP contribution is 2.32. The average Bonchev–Trinajstić information content (AvgIpc) is 3.37. The van der Waals surface area contributed by atoms with Crippen LogP contribution in [0.1, 0.15) is 12.5 Å². The highest BCUT2D eigenvalue weighted by molar-refractivity contribution is 5.99. The fourth-order valence-electron chi connectivity index (χ4n) is 4.38. The van der Waals surface area contributed by atoms with E-state index in [4.69, 9.17) is 4.98 Å². The highest BCUT2D eigenvalue weighted by atomic mass is 16.3. The number of fused-ring (bicyclic) bond motifs is 2. The largest absolute Gasteiger partial charge is 0.386 e. The van der Waals surface area contributed by atoms with Crippen LogP contribution >= 0.6 is 0 Å². The number of hydrogen-bond donors (Lipinski definition) is 3. The van der Waals surface area contributed by atoms with Crippen molar-refractivity contribution in [3.63, 3.8) is 0 Å². The van der Waals surface area contributed by atoms with Crippen LogP contribution in [0.25, 0.3) is 16.9 Å². The maximum atomic E-state index is 11.7. The van der Waals surface area contributed by atoms with Crippen molar-refractivity contribution in [2.24, 2.45) is 0 Å². The molecule has 8 nitrogen and oxygen atoms in total. The Kier molecular flexibility index (Phi) is 4.00. The smallest absolute Gasteiger partial charge is 0.228 e. The molecule has 1 saturated heterocycles. The number of carbonyl (C=O) groups excluding carboxylic acids is 1. The quantitative estimate of drug-likeness (QED) is 0.464. The van der Waals surface area contributed by atoms with Crippen molar-refractivity contribution in [2.45, 2.75) is 18.9 Å². The third-order valence-electron chi connectivity index (χ3n) is 5.96. The first-order valence-electron chi connectivity index (χ1n) is 10.5. The number of amides is 1. The molecule has 0 bridgehead atoms. The van der Waals surface area contributed by atoms with Crippen LogP contribution < -0.4 is 15.5 Å². The van der Waals surface area contributed by atoms with Gasteiger partial charge < -0.3 is 25.0 Å². The summed E-state index contributed by atoms with van der Waals surface area (Å²) >= 11 is 0. The number of benzene rings is 2. The maximum absolute atomic E-state index is 11.7. The molecule has 0 saturated carbocycles. The minimum atomic E-state index is -0.603. The third kappa shape index (κ3) is 3.25. The first-order valence-corrected chi connectivity index (χ1v) is 10.5. The van der Waals surface area contributed by atoms with Crippen LogP contribution in [0, 0.1) is 0 Å². The van der Waals surface area contributed by atoms with Crippen LogP contribution in [0.4, 0.5) is 22.9 Å². The second-order valence-corrected chi connectivity index (χ2v) is 8.75. The van der Waals surface area contributed by atoms with E-state index in [1.807, 2.05) is 66.2 Å². The van der Waals surface area contributed by atoms with E-state index in [1.54, 1.807) is 6.20 Å². The molecule has 2 aliphatic rings. The number of rotatable bonds is 4.